The highest BCUT2D eigenvalue weighted by Crippen LogP contribution is 2.50. The molecular formula is C25H34N2O4. The lowest BCUT2D eigenvalue weighted by atomic mass is 9.66. The molecule has 0 unspecified atom stereocenters. The SMILES string of the molecule is CCCCNC(=O)C[C@@H]1C[C@@]2(C(=O)OCC)CCCC=C2N(Cc2ccccc2)C1=O. The zero-order valence-electron chi connectivity index (χ0n) is 18.7. The minimum absolute atomic E-state index is 0.0810. The number of rotatable bonds is 9. The Morgan fingerprint density at radius 1 is 1.23 bits per heavy atom. The number of fused-ring (bicyclic) bond motifs is 1. The second-order valence-electron chi connectivity index (χ2n) is 8.50. The number of hydrogen-bond donors (Lipinski definition) is 1. The van der Waals surface area contributed by atoms with Crippen LogP contribution in [0, 0.1) is 11.3 Å². The van der Waals surface area contributed by atoms with Gasteiger partial charge in [-0.25, -0.2) is 0 Å². The van der Waals surface area contributed by atoms with Gasteiger partial charge in [-0.05, 0) is 44.6 Å². The number of piperidine rings is 1. The highest BCUT2D eigenvalue weighted by atomic mass is 16.5. The maximum atomic E-state index is 13.5. The number of ether oxygens (including phenoxy) is 1. The average Bonchev–Trinajstić information content (AvgIpc) is 2.77. The molecular weight excluding hydrogens is 392 g/mol. The predicted molar refractivity (Wildman–Crippen MR) is 119 cm³/mol. The molecule has 1 N–H and O–H groups in total. The number of nitrogens with one attached hydrogen (secondary N) is 1. The second-order valence-corrected chi connectivity index (χ2v) is 8.50. The van der Waals surface area contributed by atoms with Gasteiger partial charge in [-0.15, -0.1) is 0 Å². The molecule has 0 bridgehead atoms. The van der Waals surface area contributed by atoms with Crippen LogP contribution in [0.4, 0.5) is 0 Å². The number of esters is 1. The molecule has 0 spiro atoms. The third-order valence-electron chi connectivity index (χ3n) is 6.27. The van der Waals surface area contributed by atoms with Crippen LogP contribution in [-0.4, -0.2) is 35.8 Å². The smallest absolute Gasteiger partial charge is 0.318 e. The molecule has 0 aromatic heterocycles. The first-order chi connectivity index (χ1) is 15.0. The molecule has 1 aromatic carbocycles. The number of hydrogen-bond acceptors (Lipinski definition) is 4. The Kier molecular flexibility index (Phi) is 7.88. The first-order valence-electron chi connectivity index (χ1n) is 11.5. The summed E-state index contributed by atoms with van der Waals surface area (Å²) in [6.45, 7) is 5.16. The van der Waals surface area contributed by atoms with E-state index in [0.29, 0.717) is 32.5 Å². The Morgan fingerprint density at radius 3 is 2.71 bits per heavy atom. The van der Waals surface area contributed by atoms with Crippen molar-refractivity contribution in [1.82, 2.24) is 10.2 Å². The van der Waals surface area contributed by atoms with Crippen molar-refractivity contribution < 1.29 is 19.1 Å². The van der Waals surface area contributed by atoms with Crippen LogP contribution >= 0.6 is 0 Å². The number of likely N-dealkylation sites (tertiary alicyclic amines) is 1. The number of benzene rings is 1. The molecule has 2 amide bonds. The summed E-state index contributed by atoms with van der Waals surface area (Å²) in [5.41, 5.74) is 0.896. The van der Waals surface area contributed by atoms with Crippen molar-refractivity contribution in [3.63, 3.8) is 0 Å². The van der Waals surface area contributed by atoms with Crippen molar-refractivity contribution in [3.05, 3.63) is 47.7 Å². The average molecular weight is 427 g/mol. The predicted octanol–water partition coefficient (Wildman–Crippen LogP) is 3.96. The van der Waals surface area contributed by atoms with E-state index in [4.69, 9.17) is 4.74 Å². The van der Waals surface area contributed by atoms with Crippen LogP contribution in [0.15, 0.2) is 42.1 Å². The van der Waals surface area contributed by atoms with E-state index in [-0.39, 0.29) is 24.2 Å². The van der Waals surface area contributed by atoms with Crippen LogP contribution in [0.3, 0.4) is 0 Å². The highest BCUT2D eigenvalue weighted by Gasteiger charge is 2.54. The molecule has 1 aliphatic heterocycles. The van der Waals surface area contributed by atoms with Crippen molar-refractivity contribution in [2.45, 2.75) is 65.3 Å². The first-order valence-corrected chi connectivity index (χ1v) is 11.5. The molecule has 3 rings (SSSR count). The third-order valence-corrected chi connectivity index (χ3v) is 6.27. The van der Waals surface area contributed by atoms with Gasteiger partial charge >= 0.3 is 5.97 Å². The van der Waals surface area contributed by atoms with Crippen LogP contribution in [0.25, 0.3) is 0 Å². The molecule has 6 nitrogen and oxygen atoms in total. The van der Waals surface area contributed by atoms with Crippen molar-refractivity contribution in [3.8, 4) is 0 Å². The Morgan fingerprint density at radius 2 is 2.00 bits per heavy atom. The van der Waals surface area contributed by atoms with Crippen molar-refractivity contribution >= 4 is 17.8 Å². The van der Waals surface area contributed by atoms with E-state index >= 15 is 0 Å². The quantitative estimate of drug-likeness (QED) is 0.479. The van der Waals surface area contributed by atoms with E-state index in [1.807, 2.05) is 36.4 Å². The largest absolute Gasteiger partial charge is 0.465 e. The maximum absolute atomic E-state index is 13.5. The Hall–Kier alpha value is -2.63. The van der Waals surface area contributed by atoms with Gasteiger partial charge in [0.25, 0.3) is 0 Å². The Labute approximate surface area is 185 Å². The molecule has 1 aliphatic carbocycles. The van der Waals surface area contributed by atoms with Crippen LogP contribution in [-0.2, 0) is 25.7 Å². The molecule has 6 heteroatoms. The molecule has 2 aliphatic rings. The van der Waals surface area contributed by atoms with Crippen LogP contribution in [0.2, 0.25) is 0 Å². The number of nitrogens with zero attached hydrogens (tertiary/aromatic N) is 1. The lowest BCUT2D eigenvalue weighted by Crippen LogP contribution is -2.54. The summed E-state index contributed by atoms with van der Waals surface area (Å²) in [6, 6.07) is 9.77. The summed E-state index contributed by atoms with van der Waals surface area (Å²) < 4.78 is 5.49. The van der Waals surface area contributed by atoms with Gasteiger partial charge in [-0.2, -0.15) is 0 Å². The molecule has 0 saturated carbocycles. The number of carbonyl (C=O) groups is 3. The number of amides is 2. The van der Waals surface area contributed by atoms with Crippen LogP contribution in [0.1, 0.15) is 64.4 Å². The van der Waals surface area contributed by atoms with Crippen LogP contribution in [0.5, 0.6) is 0 Å². The van der Waals surface area contributed by atoms with Gasteiger partial charge < -0.3 is 15.0 Å². The van der Waals surface area contributed by atoms with Gasteiger partial charge in [-0.1, -0.05) is 49.8 Å². The summed E-state index contributed by atoms with van der Waals surface area (Å²) in [5, 5.41) is 2.91. The van der Waals surface area contributed by atoms with E-state index < -0.39 is 11.3 Å². The fourth-order valence-corrected chi connectivity index (χ4v) is 4.74. The van der Waals surface area contributed by atoms with Gasteiger partial charge in [0.2, 0.25) is 11.8 Å². The summed E-state index contributed by atoms with van der Waals surface area (Å²) in [4.78, 5) is 41.0. The Balaban J connectivity index is 1.91. The Bertz CT molecular complexity index is 820. The highest BCUT2D eigenvalue weighted by molar-refractivity contribution is 5.92. The van der Waals surface area contributed by atoms with Crippen molar-refractivity contribution in [2.24, 2.45) is 11.3 Å². The molecule has 1 heterocycles. The van der Waals surface area contributed by atoms with Crippen molar-refractivity contribution in [1.29, 1.82) is 0 Å². The summed E-state index contributed by atoms with van der Waals surface area (Å²) >= 11 is 0. The lowest BCUT2D eigenvalue weighted by Gasteiger charge is -2.48. The van der Waals surface area contributed by atoms with E-state index in [1.54, 1.807) is 11.8 Å². The fourth-order valence-electron chi connectivity index (χ4n) is 4.74. The van der Waals surface area contributed by atoms with E-state index in [2.05, 4.69) is 12.2 Å². The molecule has 0 radical (unpaired) electrons. The molecule has 2 atom stereocenters. The number of unbranched alkanes of at least 4 members (excludes halogenated alkanes) is 1. The van der Waals surface area contributed by atoms with Crippen LogP contribution < -0.4 is 5.32 Å². The standard InChI is InChI=1S/C25H34N2O4/c1-3-5-15-26-22(28)16-20-17-25(24(30)31-4-2)14-10-9-13-21(25)27(23(20)29)18-19-11-7-6-8-12-19/h6-8,11-13,20H,3-5,9-10,14-18H2,1-2H3,(H,26,28)/t20-,25+/m1/s1. The number of allylic oxidation sites excluding steroid dienone is 1. The van der Waals surface area contributed by atoms with E-state index in [9.17, 15) is 14.4 Å². The molecule has 1 fully saturated rings. The lowest BCUT2D eigenvalue weighted by molar-refractivity contribution is -0.162. The zero-order valence-corrected chi connectivity index (χ0v) is 18.7. The second kappa shape index (κ2) is 10.6. The van der Waals surface area contributed by atoms with Gasteiger partial charge in [0.15, 0.2) is 0 Å². The van der Waals surface area contributed by atoms with Crippen molar-refractivity contribution in [2.75, 3.05) is 13.2 Å². The first kappa shape index (κ1) is 23.0. The molecule has 1 saturated heterocycles. The summed E-state index contributed by atoms with van der Waals surface area (Å²) in [5.74, 6) is -1.02. The summed E-state index contributed by atoms with van der Waals surface area (Å²) in [7, 11) is 0. The minimum Gasteiger partial charge on any atom is -0.465 e. The zero-order chi connectivity index (χ0) is 22.3. The third kappa shape index (κ3) is 5.17. The van der Waals surface area contributed by atoms with E-state index in [0.717, 1.165) is 36.9 Å². The molecule has 1 aromatic rings. The maximum Gasteiger partial charge on any atom is 0.318 e. The normalized spacial score (nSPS) is 23.0. The topological polar surface area (TPSA) is 75.7 Å². The van der Waals surface area contributed by atoms with Gasteiger partial charge in [0, 0.05) is 24.6 Å². The van der Waals surface area contributed by atoms with Gasteiger partial charge in [0.05, 0.1) is 13.2 Å². The van der Waals surface area contributed by atoms with E-state index in [1.165, 1.54) is 0 Å². The summed E-state index contributed by atoms with van der Waals surface area (Å²) in [6.07, 6.45) is 6.70. The minimum atomic E-state index is -0.856. The number of carbonyl (C=O) groups excluding carboxylic acids is 3. The molecule has 31 heavy (non-hydrogen) atoms. The fraction of sp³-hybridized carbons (Fsp3) is 0.560. The van der Waals surface area contributed by atoms with Gasteiger partial charge in [0.1, 0.15) is 5.41 Å². The molecule has 168 valence electrons. The van der Waals surface area contributed by atoms with Gasteiger partial charge in [-0.3, -0.25) is 14.4 Å². The monoisotopic (exact) mass is 426 g/mol.